The Kier molecular flexibility index (Phi) is 8.26. The van der Waals surface area contributed by atoms with Crippen LogP contribution < -0.4 is 10.6 Å². The Bertz CT molecular complexity index is 962. The Balaban J connectivity index is 1.57. The third kappa shape index (κ3) is 6.59. The molecule has 158 valence electrons. The monoisotopic (exact) mass is 427 g/mol. The lowest BCUT2D eigenvalue weighted by molar-refractivity contribution is 0.102. The molecule has 0 atom stereocenters. The fourth-order valence-corrected chi connectivity index (χ4v) is 3.79. The molecule has 3 rings (SSSR count). The van der Waals surface area contributed by atoms with Gasteiger partial charge in [-0.3, -0.25) is 10.1 Å². The van der Waals surface area contributed by atoms with E-state index < -0.39 is 0 Å². The average molecular weight is 428 g/mol. The second-order valence-electron chi connectivity index (χ2n) is 7.01. The van der Waals surface area contributed by atoms with E-state index in [2.05, 4.69) is 32.7 Å². The molecule has 6 nitrogen and oxygen atoms in total. The SMILES string of the molecule is CCCCCCCCc1nnc(NC(=O)c2cccnc2Nc2cccc(F)c2)s1. The van der Waals surface area contributed by atoms with Gasteiger partial charge in [0.1, 0.15) is 16.6 Å². The highest BCUT2D eigenvalue weighted by Gasteiger charge is 2.15. The van der Waals surface area contributed by atoms with Crippen LogP contribution in [0.3, 0.4) is 0 Å². The van der Waals surface area contributed by atoms with Crippen molar-refractivity contribution in [1.29, 1.82) is 0 Å². The molecule has 0 radical (unpaired) electrons. The number of hydrogen-bond donors (Lipinski definition) is 2. The maximum atomic E-state index is 13.4. The molecule has 30 heavy (non-hydrogen) atoms. The molecule has 0 saturated carbocycles. The number of carbonyl (C=O) groups excluding carboxylic acids is 1. The zero-order valence-corrected chi connectivity index (χ0v) is 17.8. The van der Waals surface area contributed by atoms with Gasteiger partial charge in [-0.25, -0.2) is 9.37 Å². The quantitative estimate of drug-likeness (QED) is 0.369. The van der Waals surface area contributed by atoms with E-state index in [4.69, 9.17) is 0 Å². The van der Waals surface area contributed by atoms with Gasteiger partial charge in [0, 0.05) is 18.3 Å². The molecule has 2 heterocycles. The number of aromatic nitrogens is 3. The highest BCUT2D eigenvalue weighted by Crippen LogP contribution is 2.22. The molecule has 1 aromatic carbocycles. The zero-order chi connectivity index (χ0) is 21.2. The number of nitrogens with zero attached hydrogens (tertiary/aromatic N) is 3. The van der Waals surface area contributed by atoms with Crippen LogP contribution in [0.15, 0.2) is 42.6 Å². The molecule has 0 fully saturated rings. The smallest absolute Gasteiger partial charge is 0.261 e. The van der Waals surface area contributed by atoms with E-state index in [0.29, 0.717) is 22.2 Å². The number of carbonyl (C=O) groups is 1. The molecule has 0 spiro atoms. The molecular weight excluding hydrogens is 401 g/mol. The predicted octanol–water partition coefficient (Wildman–Crippen LogP) is 5.97. The number of rotatable bonds is 11. The summed E-state index contributed by atoms with van der Waals surface area (Å²) in [5.41, 5.74) is 0.856. The summed E-state index contributed by atoms with van der Waals surface area (Å²) in [5, 5.41) is 15.4. The van der Waals surface area contributed by atoms with Crippen molar-refractivity contribution in [3.63, 3.8) is 0 Å². The lowest BCUT2D eigenvalue weighted by Crippen LogP contribution is -2.14. The van der Waals surface area contributed by atoms with Crippen molar-refractivity contribution in [3.8, 4) is 0 Å². The number of benzene rings is 1. The number of unbranched alkanes of at least 4 members (excludes halogenated alkanes) is 5. The molecule has 8 heteroatoms. The van der Waals surface area contributed by atoms with Crippen LogP contribution in [0.1, 0.15) is 60.8 Å². The number of nitrogens with one attached hydrogen (secondary N) is 2. The summed E-state index contributed by atoms with van der Waals surface area (Å²) in [5.74, 6) is -0.365. The van der Waals surface area contributed by atoms with Gasteiger partial charge in [0.15, 0.2) is 0 Å². The third-order valence-electron chi connectivity index (χ3n) is 4.57. The summed E-state index contributed by atoms with van der Waals surface area (Å²) in [6.45, 7) is 2.21. The minimum absolute atomic E-state index is 0.342. The molecule has 0 saturated heterocycles. The Hall–Kier alpha value is -2.87. The van der Waals surface area contributed by atoms with E-state index in [1.165, 1.54) is 55.6 Å². The van der Waals surface area contributed by atoms with Gasteiger partial charge in [0.2, 0.25) is 5.13 Å². The second-order valence-corrected chi connectivity index (χ2v) is 8.07. The molecule has 1 amide bonds. The van der Waals surface area contributed by atoms with E-state index in [1.807, 2.05) is 0 Å². The molecule has 0 bridgehead atoms. The fourth-order valence-electron chi connectivity index (χ4n) is 3.02. The first-order valence-corrected chi connectivity index (χ1v) is 11.1. The minimum Gasteiger partial charge on any atom is -0.339 e. The highest BCUT2D eigenvalue weighted by molar-refractivity contribution is 7.15. The van der Waals surface area contributed by atoms with Crippen molar-refractivity contribution in [2.45, 2.75) is 51.9 Å². The van der Waals surface area contributed by atoms with E-state index in [1.54, 1.807) is 30.5 Å². The lowest BCUT2D eigenvalue weighted by atomic mass is 10.1. The first-order valence-electron chi connectivity index (χ1n) is 10.3. The molecule has 2 aromatic heterocycles. The lowest BCUT2D eigenvalue weighted by Gasteiger charge is -2.10. The van der Waals surface area contributed by atoms with Gasteiger partial charge in [-0.15, -0.1) is 10.2 Å². The number of anilines is 3. The summed E-state index contributed by atoms with van der Waals surface area (Å²) < 4.78 is 13.4. The number of amides is 1. The van der Waals surface area contributed by atoms with Crippen molar-refractivity contribution in [3.05, 3.63) is 59.0 Å². The Morgan fingerprint density at radius 3 is 2.73 bits per heavy atom. The summed E-state index contributed by atoms with van der Waals surface area (Å²) in [4.78, 5) is 17.0. The van der Waals surface area contributed by atoms with Crippen LogP contribution in [0.5, 0.6) is 0 Å². The maximum absolute atomic E-state index is 13.4. The second kappa shape index (κ2) is 11.3. The van der Waals surface area contributed by atoms with Crippen molar-refractivity contribution in [2.24, 2.45) is 0 Å². The van der Waals surface area contributed by atoms with Crippen LogP contribution in [-0.4, -0.2) is 21.1 Å². The first kappa shape index (κ1) is 21.8. The minimum atomic E-state index is -0.367. The van der Waals surface area contributed by atoms with E-state index in [-0.39, 0.29) is 11.7 Å². The van der Waals surface area contributed by atoms with Gasteiger partial charge in [-0.05, 0) is 36.8 Å². The van der Waals surface area contributed by atoms with Crippen LogP contribution in [0.25, 0.3) is 0 Å². The number of hydrogen-bond acceptors (Lipinski definition) is 6. The number of halogens is 1. The summed E-state index contributed by atoms with van der Waals surface area (Å²) in [6.07, 6.45) is 9.78. The van der Waals surface area contributed by atoms with E-state index in [0.717, 1.165) is 17.8 Å². The molecule has 0 aliphatic rings. The Morgan fingerprint density at radius 1 is 1.07 bits per heavy atom. The Labute approximate surface area is 180 Å². The average Bonchev–Trinajstić information content (AvgIpc) is 3.18. The standard InChI is InChI=1S/C22H26FN5OS/c1-2-3-4-5-6-7-13-19-27-28-22(30-19)26-21(29)18-12-9-14-24-20(18)25-17-11-8-10-16(23)15-17/h8-12,14-15H,2-7,13H2,1H3,(H,24,25)(H,26,28,29). The van der Waals surface area contributed by atoms with Gasteiger partial charge in [-0.2, -0.15) is 0 Å². The van der Waals surface area contributed by atoms with Crippen molar-refractivity contribution < 1.29 is 9.18 Å². The predicted molar refractivity (Wildman–Crippen MR) is 119 cm³/mol. The summed E-state index contributed by atoms with van der Waals surface area (Å²) in [7, 11) is 0. The van der Waals surface area contributed by atoms with Gasteiger partial charge >= 0.3 is 0 Å². The fraction of sp³-hybridized carbons (Fsp3) is 0.364. The molecular formula is C22H26FN5OS. The zero-order valence-electron chi connectivity index (χ0n) is 17.0. The maximum Gasteiger partial charge on any atom is 0.261 e. The van der Waals surface area contributed by atoms with Crippen LogP contribution >= 0.6 is 11.3 Å². The van der Waals surface area contributed by atoms with Crippen LogP contribution in [0.4, 0.5) is 21.0 Å². The largest absolute Gasteiger partial charge is 0.339 e. The molecule has 2 N–H and O–H groups in total. The molecule has 3 aromatic rings. The summed E-state index contributed by atoms with van der Waals surface area (Å²) >= 11 is 1.39. The van der Waals surface area contributed by atoms with E-state index >= 15 is 0 Å². The van der Waals surface area contributed by atoms with Crippen LogP contribution in [0.2, 0.25) is 0 Å². The summed E-state index contributed by atoms with van der Waals surface area (Å²) in [6, 6.07) is 9.33. The van der Waals surface area contributed by atoms with Crippen molar-refractivity contribution in [1.82, 2.24) is 15.2 Å². The van der Waals surface area contributed by atoms with Gasteiger partial charge < -0.3 is 5.32 Å². The number of pyridine rings is 1. The van der Waals surface area contributed by atoms with Gasteiger partial charge in [0.05, 0.1) is 5.56 Å². The third-order valence-corrected chi connectivity index (χ3v) is 5.47. The van der Waals surface area contributed by atoms with Gasteiger partial charge in [-0.1, -0.05) is 56.4 Å². The molecule has 0 aliphatic carbocycles. The van der Waals surface area contributed by atoms with Crippen molar-refractivity contribution in [2.75, 3.05) is 10.6 Å². The number of aryl methyl sites for hydroxylation is 1. The topological polar surface area (TPSA) is 79.8 Å². The normalized spacial score (nSPS) is 10.7. The van der Waals surface area contributed by atoms with Crippen LogP contribution in [0, 0.1) is 5.82 Å². The van der Waals surface area contributed by atoms with Gasteiger partial charge in [0.25, 0.3) is 5.91 Å². The van der Waals surface area contributed by atoms with E-state index in [9.17, 15) is 9.18 Å². The first-order chi connectivity index (χ1) is 14.7. The van der Waals surface area contributed by atoms with Crippen LogP contribution in [-0.2, 0) is 6.42 Å². The Morgan fingerprint density at radius 2 is 1.90 bits per heavy atom. The highest BCUT2D eigenvalue weighted by atomic mass is 32.1. The molecule has 0 aliphatic heterocycles. The van der Waals surface area contributed by atoms with Crippen molar-refractivity contribution >= 4 is 33.9 Å². The molecule has 0 unspecified atom stereocenters.